The van der Waals surface area contributed by atoms with E-state index in [9.17, 15) is 0 Å². The number of allylic oxidation sites excluding steroid dienone is 2. The average molecular weight is 284 g/mol. The first kappa shape index (κ1) is 14.3. The van der Waals surface area contributed by atoms with Crippen molar-refractivity contribution < 1.29 is 0 Å². The van der Waals surface area contributed by atoms with E-state index in [0.29, 0.717) is 0 Å². The average Bonchev–Trinajstić information content (AvgIpc) is 2.52. The molecular formula is C22H20. The zero-order chi connectivity index (χ0) is 15.7. The zero-order valence-electron chi connectivity index (χ0n) is 13.2. The molecule has 0 aliphatic carbocycles. The first-order valence-corrected chi connectivity index (χ1v) is 7.57. The Balaban J connectivity index is 2.76. The second-order valence-electron chi connectivity index (χ2n) is 5.56. The highest BCUT2D eigenvalue weighted by molar-refractivity contribution is 6.04. The van der Waals surface area contributed by atoms with Crippen molar-refractivity contribution in [2.75, 3.05) is 0 Å². The van der Waals surface area contributed by atoms with Gasteiger partial charge in [0, 0.05) is 0 Å². The van der Waals surface area contributed by atoms with Crippen LogP contribution >= 0.6 is 0 Å². The van der Waals surface area contributed by atoms with Crippen LogP contribution in [0.15, 0.2) is 55.1 Å². The smallest absolute Gasteiger partial charge is 0.00324 e. The van der Waals surface area contributed by atoms with Crippen molar-refractivity contribution in [2.45, 2.75) is 13.8 Å². The Hall–Kier alpha value is -2.60. The van der Waals surface area contributed by atoms with Gasteiger partial charge < -0.3 is 0 Å². The Bertz CT molecular complexity index is 1020. The normalized spacial score (nSPS) is 12.5. The van der Waals surface area contributed by atoms with Gasteiger partial charge in [-0.05, 0) is 57.0 Å². The Labute approximate surface area is 131 Å². The van der Waals surface area contributed by atoms with Crippen molar-refractivity contribution in [1.29, 1.82) is 0 Å². The van der Waals surface area contributed by atoms with Crippen LogP contribution in [0.1, 0.15) is 18.1 Å². The van der Waals surface area contributed by atoms with Crippen molar-refractivity contribution in [3.8, 4) is 0 Å². The van der Waals surface area contributed by atoms with Crippen LogP contribution in [0.3, 0.4) is 0 Å². The van der Waals surface area contributed by atoms with Gasteiger partial charge in [0.15, 0.2) is 0 Å². The molecule has 0 saturated heterocycles. The van der Waals surface area contributed by atoms with Crippen LogP contribution in [0, 0.1) is 6.92 Å². The molecule has 3 aromatic carbocycles. The van der Waals surface area contributed by atoms with Crippen molar-refractivity contribution >= 4 is 40.3 Å². The minimum Gasteiger partial charge on any atom is -0.0990 e. The zero-order valence-corrected chi connectivity index (χ0v) is 13.2. The van der Waals surface area contributed by atoms with Crippen molar-refractivity contribution in [2.24, 2.45) is 0 Å². The second kappa shape index (κ2) is 5.65. The van der Waals surface area contributed by atoms with E-state index in [0.717, 1.165) is 5.22 Å². The van der Waals surface area contributed by atoms with E-state index < -0.39 is 0 Å². The molecular weight excluding hydrogens is 264 g/mol. The lowest BCUT2D eigenvalue weighted by Crippen LogP contribution is -2.15. The topological polar surface area (TPSA) is 0 Å². The molecule has 0 aromatic heterocycles. The molecule has 0 heterocycles. The Kier molecular flexibility index (Phi) is 3.68. The molecule has 108 valence electrons. The van der Waals surface area contributed by atoms with Crippen LogP contribution < -0.4 is 10.4 Å². The van der Waals surface area contributed by atoms with Gasteiger partial charge in [-0.1, -0.05) is 73.9 Å². The molecule has 3 aromatic rings. The predicted molar refractivity (Wildman–Crippen MR) is 100 cm³/mol. The van der Waals surface area contributed by atoms with Gasteiger partial charge in [-0.3, -0.25) is 0 Å². The van der Waals surface area contributed by atoms with E-state index in [2.05, 4.69) is 74.7 Å². The lowest BCUT2D eigenvalue weighted by molar-refractivity contribution is 1.52. The van der Waals surface area contributed by atoms with Gasteiger partial charge in [-0.2, -0.15) is 0 Å². The summed E-state index contributed by atoms with van der Waals surface area (Å²) < 4.78 is 0. The lowest BCUT2D eigenvalue weighted by atomic mass is 9.92. The maximum Gasteiger partial charge on any atom is -0.00324 e. The fourth-order valence-corrected chi connectivity index (χ4v) is 3.29. The fraction of sp³-hybridized carbons (Fsp3) is 0.0909. The number of fused-ring (bicyclic) bond motifs is 2. The van der Waals surface area contributed by atoms with Gasteiger partial charge in [-0.25, -0.2) is 0 Å². The Morgan fingerprint density at radius 3 is 2.41 bits per heavy atom. The minimum absolute atomic E-state index is 1.10. The summed E-state index contributed by atoms with van der Waals surface area (Å²) in [5.74, 6) is 0. The molecule has 0 unspecified atom stereocenters. The second-order valence-corrected chi connectivity index (χ2v) is 5.56. The number of rotatable bonds is 2. The van der Waals surface area contributed by atoms with Gasteiger partial charge in [0.25, 0.3) is 0 Å². The van der Waals surface area contributed by atoms with Gasteiger partial charge in [0.05, 0.1) is 0 Å². The summed E-state index contributed by atoms with van der Waals surface area (Å²) in [6, 6.07) is 12.9. The quantitative estimate of drug-likeness (QED) is 0.598. The fourth-order valence-electron chi connectivity index (χ4n) is 3.29. The van der Waals surface area contributed by atoms with Crippen LogP contribution in [0.4, 0.5) is 0 Å². The molecule has 0 spiro atoms. The van der Waals surface area contributed by atoms with Crippen LogP contribution in [0.2, 0.25) is 0 Å². The number of benzene rings is 3. The lowest BCUT2D eigenvalue weighted by Gasteiger charge is -2.11. The van der Waals surface area contributed by atoms with Gasteiger partial charge in [0.1, 0.15) is 0 Å². The standard InChI is InChI=1S/C22H20/c1-5-9-17-12-8-14-20-19(10-6-2)21-15(3)11-7-13-18(21)16(4)22(17)20/h5-14H,2,4H2,1,3H3/b9-5-,19-10-. The van der Waals surface area contributed by atoms with Crippen LogP contribution in [0.5, 0.6) is 0 Å². The molecule has 0 radical (unpaired) electrons. The molecule has 0 heteroatoms. The first-order valence-electron chi connectivity index (χ1n) is 7.57. The Morgan fingerprint density at radius 2 is 1.68 bits per heavy atom. The molecule has 0 fully saturated rings. The first-order chi connectivity index (χ1) is 10.7. The molecule has 22 heavy (non-hydrogen) atoms. The minimum atomic E-state index is 1.10. The van der Waals surface area contributed by atoms with Crippen molar-refractivity contribution in [3.63, 3.8) is 0 Å². The highest BCUT2D eigenvalue weighted by Crippen LogP contribution is 2.20. The third kappa shape index (κ3) is 2.08. The van der Waals surface area contributed by atoms with Gasteiger partial charge >= 0.3 is 0 Å². The highest BCUT2D eigenvalue weighted by atomic mass is 14.1. The summed E-state index contributed by atoms with van der Waals surface area (Å²) in [6.45, 7) is 12.5. The maximum absolute atomic E-state index is 4.39. The molecule has 0 bridgehead atoms. The third-order valence-electron chi connectivity index (χ3n) is 4.19. The maximum atomic E-state index is 4.39. The van der Waals surface area contributed by atoms with Gasteiger partial charge in [0.2, 0.25) is 0 Å². The van der Waals surface area contributed by atoms with Crippen molar-refractivity contribution in [3.05, 3.63) is 76.7 Å². The molecule has 3 rings (SSSR count). The largest absolute Gasteiger partial charge is 0.0990 e. The predicted octanol–water partition coefficient (Wildman–Crippen LogP) is 4.71. The number of hydrogen-bond acceptors (Lipinski definition) is 0. The summed E-state index contributed by atoms with van der Waals surface area (Å²) in [5.41, 5.74) is 2.49. The molecule has 0 N–H and O–H groups in total. The monoisotopic (exact) mass is 284 g/mol. The summed E-state index contributed by atoms with van der Waals surface area (Å²) >= 11 is 0. The molecule has 0 amide bonds. The molecule has 0 aliphatic rings. The number of hydrogen-bond donors (Lipinski definition) is 0. The molecule has 0 saturated carbocycles. The molecule has 0 aliphatic heterocycles. The number of aryl methyl sites for hydroxylation is 1. The van der Waals surface area contributed by atoms with E-state index in [1.807, 2.05) is 13.0 Å². The summed E-state index contributed by atoms with van der Waals surface area (Å²) in [4.78, 5) is 0. The SMILES string of the molecule is C=C/C=c1/c2cccc(/C=C\C)c2c(=C)c2cccc(C)c12. The highest BCUT2D eigenvalue weighted by Gasteiger charge is 2.08. The summed E-state index contributed by atoms with van der Waals surface area (Å²) in [6.07, 6.45) is 8.20. The van der Waals surface area contributed by atoms with E-state index in [1.165, 1.54) is 37.9 Å². The van der Waals surface area contributed by atoms with E-state index >= 15 is 0 Å². The van der Waals surface area contributed by atoms with Crippen molar-refractivity contribution in [1.82, 2.24) is 0 Å². The summed E-state index contributed by atoms with van der Waals surface area (Å²) in [5, 5.41) is 7.30. The molecule has 0 nitrogen and oxygen atoms in total. The Morgan fingerprint density at radius 1 is 0.955 bits per heavy atom. The van der Waals surface area contributed by atoms with Crippen LogP contribution in [-0.2, 0) is 0 Å². The molecule has 0 atom stereocenters. The van der Waals surface area contributed by atoms with E-state index in [1.54, 1.807) is 0 Å². The van der Waals surface area contributed by atoms with Gasteiger partial charge in [-0.15, -0.1) is 0 Å². The van der Waals surface area contributed by atoms with Crippen LogP contribution in [0.25, 0.3) is 40.3 Å². The van der Waals surface area contributed by atoms with Crippen LogP contribution in [-0.4, -0.2) is 0 Å². The third-order valence-corrected chi connectivity index (χ3v) is 4.19. The summed E-state index contributed by atoms with van der Waals surface area (Å²) in [7, 11) is 0. The van der Waals surface area contributed by atoms with E-state index in [-0.39, 0.29) is 0 Å². The van der Waals surface area contributed by atoms with E-state index in [4.69, 9.17) is 0 Å².